The van der Waals surface area contributed by atoms with Gasteiger partial charge < -0.3 is 0 Å². The van der Waals surface area contributed by atoms with E-state index in [2.05, 4.69) is 126 Å². The zero-order valence-corrected chi connectivity index (χ0v) is 23.4. The van der Waals surface area contributed by atoms with Gasteiger partial charge in [-0.05, 0) is 12.8 Å². The number of hydrogen-bond acceptors (Lipinski definition) is 1. The molecule has 0 radical (unpaired) electrons. The molecule has 7 heteroatoms. The first-order chi connectivity index (χ1) is 11.7. The van der Waals surface area contributed by atoms with Crippen molar-refractivity contribution < 1.29 is 19.4 Å². The molecule has 0 spiro atoms. The van der Waals surface area contributed by atoms with Crippen LogP contribution in [0.1, 0.15) is 44.9 Å². The van der Waals surface area contributed by atoms with E-state index in [0.29, 0.717) is 0 Å². The molecule has 3 nitrogen and oxygen atoms in total. The fraction of sp³-hybridized carbons (Fsp3) is 0.722. The van der Waals surface area contributed by atoms with Gasteiger partial charge >= 0.3 is 110 Å². The van der Waals surface area contributed by atoms with Gasteiger partial charge in [-0.2, -0.15) is 1.33 Å². The molecular formula is C18H31I2N3PtSi. The smallest absolute Gasteiger partial charge is 0.0311 e. The van der Waals surface area contributed by atoms with Crippen LogP contribution in [0.5, 0.6) is 0 Å². The Balaban J connectivity index is 0.000000293. The first-order valence-corrected chi connectivity index (χ1v) is 15.6. The summed E-state index contributed by atoms with van der Waals surface area (Å²) in [6.45, 7) is 7.93. The van der Waals surface area contributed by atoms with Crippen molar-refractivity contribution in [2.75, 3.05) is 0 Å². The van der Waals surface area contributed by atoms with Crippen LogP contribution in [0.25, 0.3) is 0 Å². The number of halogens is 2. The second-order valence-corrected chi connectivity index (χ2v) is 17.2. The average molecular weight is 766 g/mol. The molecule has 0 bridgehead atoms. The zero-order chi connectivity index (χ0) is 18.9. The van der Waals surface area contributed by atoms with Crippen molar-refractivity contribution in [3.05, 3.63) is 16.2 Å². The number of aryl methyl sites for hydroxylation is 2. The van der Waals surface area contributed by atoms with Gasteiger partial charge in [0.05, 0.1) is 0 Å². The van der Waals surface area contributed by atoms with E-state index in [0.717, 1.165) is 25.4 Å². The van der Waals surface area contributed by atoms with Crippen molar-refractivity contribution in [1.82, 2.24) is 10.5 Å². The van der Waals surface area contributed by atoms with Gasteiger partial charge in [-0.25, -0.2) is 0 Å². The Morgan fingerprint density at radius 3 is 2.28 bits per heavy atom. The van der Waals surface area contributed by atoms with Crippen molar-refractivity contribution in [3.63, 3.8) is 0 Å². The van der Waals surface area contributed by atoms with Gasteiger partial charge in [0, 0.05) is 51.8 Å². The van der Waals surface area contributed by atoms with Crippen LogP contribution in [0.2, 0.25) is 19.6 Å². The maximum atomic E-state index is 3.40. The summed E-state index contributed by atoms with van der Waals surface area (Å²) in [5, 5.41) is 0. The number of unbranched alkanes of at least 4 members (excludes halogenated alkanes) is 1. The molecule has 146 valence electrons. The third kappa shape index (κ3) is 10.9. The van der Waals surface area contributed by atoms with E-state index in [4.69, 9.17) is 0 Å². The van der Waals surface area contributed by atoms with Crippen molar-refractivity contribution >= 4 is 53.8 Å². The van der Waals surface area contributed by atoms with E-state index in [-0.39, 0.29) is 0 Å². The minimum atomic E-state index is -1.17. The van der Waals surface area contributed by atoms with Crippen LogP contribution in [-0.2, 0) is 32.9 Å². The molecule has 0 aliphatic heterocycles. The quantitative estimate of drug-likeness (QED) is 0.123. The van der Waals surface area contributed by atoms with E-state index >= 15 is 0 Å². The molecule has 1 fully saturated rings. The molecule has 0 aromatic carbocycles. The maximum absolute atomic E-state index is 3.40. The van der Waals surface area contributed by atoms with Crippen LogP contribution in [0, 0.1) is 15.3 Å². The van der Waals surface area contributed by atoms with Gasteiger partial charge in [0.15, 0.2) is 0 Å². The molecule has 1 heterocycles. The SMILES string of the molecule is Cn1ccn(CCCC#C[Si](C)(C)C)[c]1=[Pt].IN(I)C1CCCCC1. The monoisotopic (exact) mass is 766 g/mol. The van der Waals surface area contributed by atoms with Crippen molar-refractivity contribution in [2.24, 2.45) is 7.05 Å². The molecule has 1 aliphatic rings. The molecule has 1 saturated carbocycles. The number of nitrogens with zero attached hydrogens (tertiary/aromatic N) is 3. The molecule has 2 rings (SSSR count). The predicted molar refractivity (Wildman–Crippen MR) is 124 cm³/mol. The molecule has 1 aromatic rings. The molecule has 0 unspecified atom stereocenters. The largest absolute Gasteiger partial charge is 0.185 e. The summed E-state index contributed by atoms with van der Waals surface area (Å²) in [6, 6.07) is 0.861. The molecule has 1 aromatic heterocycles. The molecule has 0 atom stereocenters. The number of hydrogen-bond donors (Lipinski definition) is 0. The predicted octanol–water partition coefficient (Wildman–Crippen LogP) is 5.89. The minimum absolute atomic E-state index is 0.861. The fourth-order valence-corrected chi connectivity index (χ4v) is 4.96. The van der Waals surface area contributed by atoms with Crippen molar-refractivity contribution in [2.45, 2.75) is 77.2 Å². The Hall–Kier alpha value is 1.10. The van der Waals surface area contributed by atoms with Crippen LogP contribution in [0.3, 0.4) is 0 Å². The third-order valence-electron chi connectivity index (χ3n) is 3.97. The zero-order valence-electron chi connectivity index (χ0n) is 15.8. The van der Waals surface area contributed by atoms with Gasteiger partial charge in [-0.15, -0.1) is 0 Å². The summed E-state index contributed by atoms with van der Waals surface area (Å²) in [7, 11) is 0.907. The second kappa shape index (κ2) is 12.5. The Morgan fingerprint density at radius 1 is 1.20 bits per heavy atom. The molecule has 0 amide bonds. The van der Waals surface area contributed by atoms with E-state index in [1.165, 1.54) is 35.9 Å². The minimum Gasteiger partial charge on any atom is -0.185 e. The average Bonchev–Trinajstić information content (AvgIpc) is 2.87. The standard InChI is InChI=1S/C12H20N2Si.C6H11I2N.Pt/c1-13-9-10-14(12-13)8-6-5-7-11-15(2,3)4;7-9(8)6-4-2-1-3-5-6;/h9-10H,5-6,8H2,1-4H3;6H,1-5H2;. The number of imidazole rings is 1. The molecule has 0 N–H and O–H groups in total. The second-order valence-electron chi connectivity index (χ2n) is 7.55. The van der Waals surface area contributed by atoms with Crippen LogP contribution in [0.4, 0.5) is 0 Å². The first-order valence-electron chi connectivity index (χ1n) is 8.98. The fourth-order valence-electron chi connectivity index (χ4n) is 2.60. The van der Waals surface area contributed by atoms with Crippen LogP contribution >= 0.6 is 45.7 Å². The van der Waals surface area contributed by atoms with Crippen LogP contribution in [-0.4, -0.2) is 24.6 Å². The summed E-state index contributed by atoms with van der Waals surface area (Å²) >= 11 is 7.12. The first kappa shape index (κ1) is 24.1. The van der Waals surface area contributed by atoms with E-state index in [9.17, 15) is 0 Å². The third-order valence-corrected chi connectivity index (χ3v) is 7.93. The summed E-state index contributed by atoms with van der Waals surface area (Å²) < 4.78 is 7.99. The summed E-state index contributed by atoms with van der Waals surface area (Å²) in [4.78, 5) is 0. The van der Waals surface area contributed by atoms with Gasteiger partial charge in [-0.1, -0.05) is 19.3 Å². The van der Waals surface area contributed by atoms with Gasteiger partial charge in [0.1, 0.15) is 0 Å². The van der Waals surface area contributed by atoms with Gasteiger partial charge in [0.25, 0.3) is 0 Å². The molecule has 25 heavy (non-hydrogen) atoms. The van der Waals surface area contributed by atoms with E-state index in [1.807, 2.05) is 0 Å². The normalized spacial score (nSPS) is 15.4. The number of rotatable bonds is 4. The van der Waals surface area contributed by atoms with Crippen molar-refractivity contribution in [3.8, 4) is 11.5 Å². The number of aromatic nitrogens is 2. The van der Waals surface area contributed by atoms with Gasteiger partial charge in [-0.3, -0.25) is 0 Å². The van der Waals surface area contributed by atoms with Crippen LogP contribution in [0.15, 0.2) is 12.4 Å². The summed E-state index contributed by atoms with van der Waals surface area (Å²) in [6.07, 6.45) is 13.5. The van der Waals surface area contributed by atoms with Gasteiger partial charge in [0.2, 0.25) is 0 Å². The summed E-state index contributed by atoms with van der Waals surface area (Å²) in [5.74, 6) is 3.31. The Morgan fingerprint density at radius 2 is 1.84 bits per heavy atom. The summed E-state index contributed by atoms with van der Waals surface area (Å²) in [5.41, 5.74) is 3.40. The molecule has 0 saturated heterocycles. The van der Waals surface area contributed by atoms with E-state index < -0.39 is 8.07 Å². The maximum Gasteiger partial charge on any atom is 0.0311 e. The van der Waals surface area contributed by atoms with E-state index in [1.54, 1.807) is 0 Å². The topological polar surface area (TPSA) is 13.1 Å². The van der Waals surface area contributed by atoms with Crippen LogP contribution < -0.4 is 0 Å². The molecular weight excluding hydrogens is 735 g/mol. The Bertz CT molecular complexity index is 617. The van der Waals surface area contributed by atoms with Crippen molar-refractivity contribution in [1.29, 1.82) is 0 Å². The Kier molecular flexibility index (Phi) is 12.1. The Labute approximate surface area is 193 Å². The molecule has 1 aliphatic carbocycles.